The molecule has 0 aliphatic heterocycles. The molecule has 0 spiro atoms. The number of Topliss-reactive ketones (excluding diaryl/α,β-unsaturated/α-hetero) is 1. The first kappa shape index (κ1) is 24.4. The van der Waals surface area contributed by atoms with Gasteiger partial charge in [0.25, 0.3) is 0 Å². The molecule has 2 aliphatic rings. The molecule has 32 heavy (non-hydrogen) atoms. The first-order chi connectivity index (χ1) is 15.0. The number of pyridine rings is 1. The summed E-state index contributed by atoms with van der Waals surface area (Å²) in [4.78, 5) is 17.4. The van der Waals surface area contributed by atoms with Crippen molar-refractivity contribution in [2.75, 3.05) is 6.67 Å². The van der Waals surface area contributed by atoms with Crippen LogP contribution >= 0.6 is 0 Å². The molecule has 2 aromatic heterocycles. The van der Waals surface area contributed by atoms with Gasteiger partial charge >= 0.3 is 0 Å². The number of fused-ring (bicyclic) bond motifs is 1. The molecule has 3 nitrogen and oxygen atoms in total. The van der Waals surface area contributed by atoms with Crippen molar-refractivity contribution >= 4 is 16.9 Å². The molecule has 174 valence electrons. The lowest BCUT2D eigenvalue weighted by molar-refractivity contribution is 0.0670. The van der Waals surface area contributed by atoms with Crippen LogP contribution in [0.3, 0.4) is 0 Å². The SMILES string of the molecule is CC(C)(C)c1ccnc2cc(C(=O)C3CCCCC3(C)C)oc12.CC1=CC(CF)CC=C1. The molecule has 4 rings (SSSR count). The highest BCUT2D eigenvalue weighted by atomic mass is 19.1. The number of carbonyl (C=O) groups is 1. The van der Waals surface area contributed by atoms with Gasteiger partial charge < -0.3 is 4.42 Å². The molecule has 2 heterocycles. The summed E-state index contributed by atoms with van der Waals surface area (Å²) in [7, 11) is 0. The van der Waals surface area contributed by atoms with Gasteiger partial charge in [-0.3, -0.25) is 14.2 Å². The number of nitrogens with zero attached hydrogens (tertiary/aromatic N) is 1. The number of allylic oxidation sites excluding steroid dienone is 4. The molecule has 2 aromatic rings. The van der Waals surface area contributed by atoms with Crippen LogP contribution in [0, 0.1) is 17.3 Å². The average Bonchev–Trinajstić information content (AvgIpc) is 3.17. The number of carbonyl (C=O) groups excluding carboxylic acids is 1. The summed E-state index contributed by atoms with van der Waals surface area (Å²) < 4.78 is 18.0. The number of ketones is 1. The molecule has 2 unspecified atom stereocenters. The van der Waals surface area contributed by atoms with Crippen LogP contribution in [0.4, 0.5) is 4.39 Å². The maximum atomic E-state index is 13.0. The van der Waals surface area contributed by atoms with Gasteiger partial charge in [0.05, 0.1) is 6.67 Å². The molecule has 2 aliphatic carbocycles. The van der Waals surface area contributed by atoms with Gasteiger partial charge in [-0.05, 0) is 43.1 Å². The van der Waals surface area contributed by atoms with E-state index in [9.17, 15) is 9.18 Å². The van der Waals surface area contributed by atoms with E-state index in [4.69, 9.17) is 4.42 Å². The fourth-order valence-electron chi connectivity index (χ4n) is 4.83. The van der Waals surface area contributed by atoms with Crippen molar-refractivity contribution in [3.8, 4) is 0 Å². The second-order valence-electron chi connectivity index (χ2n) is 11.0. The van der Waals surface area contributed by atoms with E-state index in [1.807, 2.05) is 37.3 Å². The summed E-state index contributed by atoms with van der Waals surface area (Å²) in [6.45, 7) is 12.6. The maximum absolute atomic E-state index is 13.0. The topological polar surface area (TPSA) is 43.1 Å². The number of aromatic nitrogens is 1. The maximum Gasteiger partial charge on any atom is 0.201 e. The van der Waals surface area contributed by atoms with Crippen LogP contribution in [0.25, 0.3) is 11.1 Å². The van der Waals surface area contributed by atoms with Crippen LogP contribution in [0.1, 0.15) is 89.8 Å². The van der Waals surface area contributed by atoms with E-state index in [0.717, 1.165) is 42.3 Å². The lowest BCUT2D eigenvalue weighted by atomic mass is 9.67. The monoisotopic (exact) mass is 439 g/mol. The second-order valence-corrected chi connectivity index (χ2v) is 11.0. The van der Waals surface area contributed by atoms with Gasteiger partial charge in [0, 0.05) is 29.7 Å². The van der Waals surface area contributed by atoms with Gasteiger partial charge in [-0.25, -0.2) is 0 Å². The van der Waals surface area contributed by atoms with Crippen molar-refractivity contribution in [3.63, 3.8) is 0 Å². The predicted octanol–water partition coefficient (Wildman–Crippen LogP) is 8.00. The van der Waals surface area contributed by atoms with E-state index in [1.165, 1.54) is 12.0 Å². The third-order valence-electron chi connectivity index (χ3n) is 6.80. The molecule has 0 bridgehead atoms. The normalized spacial score (nSPS) is 22.8. The summed E-state index contributed by atoms with van der Waals surface area (Å²) in [6, 6.07) is 3.82. The Kier molecular flexibility index (Phi) is 7.42. The van der Waals surface area contributed by atoms with Gasteiger partial charge in [-0.15, -0.1) is 0 Å². The van der Waals surface area contributed by atoms with Gasteiger partial charge in [-0.1, -0.05) is 71.3 Å². The zero-order valence-electron chi connectivity index (χ0n) is 20.5. The van der Waals surface area contributed by atoms with Gasteiger partial charge in [0.15, 0.2) is 11.3 Å². The minimum Gasteiger partial charge on any atom is -0.451 e. The molecule has 1 fully saturated rings. The Bertz CT molecular complexity index is 1010. The fourth-order valence-corrected chi connectivity index (χ4v) is 4.83. The van der Waals surface area contributed by atoms with Crippen LogP contribution in [-0.4, -0.2) is 17.4 Å². The highest BCUT2D eigenvalue weighted by Crippen LogP contribution is 2.43. The summed E-state index contributed by atoms with van der Waals surface area (Å²) in [5.74, 6) is 0.821. The third-order valence-corrected chi connectivity index (χ3v) is 6.80. The van der Waals surface area contributed by atoms with Gasteiger partial charge in [-0.2, -0.15) is 0 Å². The average molecular weight is 440 g/mol. The first-order valence-electron chi connectivity index (χ1n) is 11.9. The summed E-state index contributed by atoms with van der Waals surface area (Å²) in [6.07, 6.45) is 13.1. The second kappa shape index (κ2) is 9.72. The number of rotatable bonds is 3. The summed E-state index contributed by atoms with van der Waals surface area (Å²) >= 11 is 0. The number of hydrogen-bond acceptors (Lipinski definition) is 3. The van der Waals surface area contributed by atoms with Crippen LogP contribution in [0.5, 0.6) is 0 Å². The van der Waals surface area contributed by atoms with E-state index in [-0.39, 0.29) is 35.1 Å². The minimum absolute atomic E-state index is 0.0382. The highest BCUT2D eigenvalue weighted by Gasteiger charge is 2.39. The third kappa shape index (κ3) is 5.57. The predicted molar refractivity (Wildman–Crippen MR) is 130 cm³/mol. The zero-order valence-corrected chi connectivity index (χ0v) is 20.5. The molecule has 0 amide bonds. The van der Waals surface area contributed by atoms with Crippen LogP contribution < -0.4 is 0 Å². The minimum atomic E-state index is -0.221. The Hall–Kier alpha value is -2.23. The summed E-state index contributed by atoms with van der Waals surface area (Å²) in [5, 5.41) is 0. The molecular formula is C28H38FNO2. The fraction of sp³-hybridized carbons (Fsp3) is 0.571. The number of alkyl halides is 1. The van der Waals surface area contributed by atoms with E-state index >= 15 is 0 Å². The molecule has 2 atom stereocenters. The van der Waals surface area contributed by atoms with Crippen molar-refractivity contribution in [2.24, 2.45) is 17.3 Å². The Balaban J connectivity index is 0.000000269. The zero-order chi connectivity index (χ0) is 23.5. The Morgan fingerprint density at radius 3 is 2.62 bits per heavy atom. The van der Waals surface area contributed by atoms with E-state index in [2.05, 4.69) is 39.6 Å². The van der Waals surface area contributed by atoms with Crippen molar-refractivity contribution in [1.29, 1.82) is 0 Å². The molecule has 0 radical (unpaired) electrons. The van der Waals surface area contributed by atoms with Crippen LogP contribution in [0.15, 0.2) is 46.5 Å². The molecule has 0 saturated heterocycles. The van der Waals surface area contributed by atoms with Crippen molar-refractivity contribution in [2.45, 2.75) is 79.1 Å². The van der Waals surface area contributed by atoms with Gasteiger partial charge in [0.1, 0.15) is 5.52 Å². The molecule has 0 N–H and O–H groups in total. The van der Waals surface area contributed by atoms with E-state index < -0.39 is 0 Å². The van der Waals surface area contributed by atoms with Crippen LogP contribution in [-0.2, 0) is 5.41 Å². The van der Waals surface area contributed by atoms with Crippen molar-refractivity contribution in [1.82, 2.24) is 4.98 Å². The smallest absolute Gasteiger partial charge is 0.201 e. The first-order valence-corrected chi connectivity index (χ1v) is 11.9. The Morgan fingerprint density at radius 1 is 1.28 bits per heavy atom. The Labute approximate surface area is 192 Å². The summed E-state index contributed by atoms with van der Waals surface area (Å²) in [5.41, 5.74) is 3.85. The Morgan fingerprint density at radius 2 is 2.03 bits per heavy atom. The number of furan rings is 1. The van der Waals surface area contributed by atoms with Crippen LogP contribution in [0.2, 0.25) is 0 Å². The molecular weight excluding hydrogens is 401 g/mol. The largest absolute Gasteiger partial charge is 0.451 e. The number of halogens is 1. The lowest BCUT2D eigenvalue weighted by Gasteiger charge is -2.37. The standard InChI is InChI=1S/C20H27NO2.C8H11F/c1-19(2,3)14-9-11-21-15-12-16(23-18(14)15)17(22)13-8-6-7-10-20(13,4)5;1-7-3-2-4-8(5-7)6-9/h9,11-13H,6-8,10H2,1-5H3;2-3,5,8H,4,6H2,1H3. The molecule has 1 saturated carbocycles. The molecule has 0 aromatic carbocycles. The lowest BCUT2D eigenvalue weighted by Crippen LogP contribution is -2.33. The number of hydrogen-bond donors (Lipinski definition) is 0. The van der Waals surface area contributed by atoms with E-state index in [0.29, 0.717) is 5.76 Å². The quantitative estimate of drug-likeness (QED) is 0.455. The molecule has 4 heteroatoms. The van der Waals surface area contributed by atoms with Gasteiger partial charge in [0.2, 0.25) is 5.78 Å². The van der Waals surface area contributed by atoms with Crippen molar-refractivity contribution < 1.29 is 13.6 Å². The van der Waals surface area contributed by atoms with Crippen molar-refractivity contribution in [3.05, 3.63) is 53.5 Å². The van der Waals surface area contributed by atoms with E-state index in [1.54, 1.807) is 6.20 Å². The highest BCUT2D eigenvalue weighted by molar-refractivity contribution is 5.99.